The highest BCUT2D eigenvalue weighted by Gasteiger charge is 2.60. The van der Waals surface area contributed by atoms with E-state index >= 15 is 0 Å². The van der Waals surface area contributed by atoms with Crippen molar-refractivity contribution in [2.45, 2.75) is 62.8 Å². The van der Waals surface area contributed by atoms with E-state index in [-0.39, 0.29) is 37.1 Å². The third-order valence-corrected chi connectivity index (χ3v) is 7.57. The highest BCUT2D eigenvalue weighted by atomic mass is 19.3. The van der Waals surface area contributed by atoms with Gasteiger partial charge in [0.2, 0.25) is 5.95 Å². The largest absolute Gasteiger partial charge is 0.490 e. The molecule has 0 bridgehead atoms. The average Bonchev–Trinajstić information content (AvgIpc) is 3.36. The molecule has 4 aliphatic rings. The molecule has 3 atom stereocenters. The second-order valence-electron chi connectivity index (χ2n) is 9.79. The summed E-state index contributed by atoms with van der Waals surface area (Å²) >= 11 is 0. The number of aliphatic hydroxyl groups is 1. The molecule has 3 aliphatic heterocycles. The molecule has 2 N–H and O–H groups in total. The number of rotatable bonds is 2. The number of benzene rings is 1. The second kappa shape index (κ2) is 6.31. The SMILES string of the molecule is C[C@H]1[C@H](O)CN1c1nc(-c2ccc3c(c2)OC[C@@]32NC(=O)OC2(C)C)c2c(n1)C(F)(F)CC2. The minimum Gasteiger partial charge on any atom is -0.490 e. The number of halogens is 2. The van der Waals surface area contributed by atoms with Crippen molar-refractivity contribution in [1.29, 1.82) is 0 Å². The Hall–Kier alpha value is -3.01. The Bertz CT molecular complexity index is 1200. The number of β-amino-alcohol motifs (C(OH)–C–C–N with tert-alkyl or cyclic N) is 1. The molecule has 1 aromatic carbocycles. The number of aliphatic hydroxyl groups excluding tert-OH is 1. The van der Waals surface area contributed by atoms with E-state index in [2.05, 4.69) is 15.3 Å². The van der Waals surface area contributed by atoms with Gasteiger partial charge in [-0.15, -0.1) is 0 Å². The fraction of sp³-hybridized carbons (Fsp3) is 0.522. The van der Waals surface area contributed by atoms with Crippen molar-refractivity contribution in [3.05, 3.63) is 35.0 Å². The maximum atomic E-state index is 14.7. The normalized spacial score (nSPS) is 30.4. The Balaban J connectivity index is 1.46. The number of ether oxygens (including phenoxy) is 2. The summed E-state index contributed by atoms with van der Waals surface area (Å²) in [5.74, 6) is -2.28. The summed E-state index contributed by atoms with van der Waals surface area (Å²) in [7, 11) is 0. The molecule has 4 heterocycles. The lowest BCUT2D eigenvalue weighted by Gasteiger charge is -2.43. The standard InChI is InChI=1S/C23H24F2N4O4/c1-11-15(30)9-29(11)19-26-17(13-6-7-23(24,25)18(13)27-19)12-4-5-14-16(8-12)32-10-22(14)21(2,3)33-20(31)28-22/h4-5,8,11,15,30H,6-7,9-10H2,1-3H3,(H,28,31)/t11-,15+,22+/m0/s1. The molecule has 33 heavy (non-hydrogen) atoms. The minimum absolute atomic E-state index is 0.176. The Labute approximate surface area is 188 Å². The number of hydrogen-bond donors (Lipinski definition) is 2. The van der Waals surface area contributed by atoms with E-state index in [0.29, 0.717) is 29.1 Å². The number of amides is 1. The van der Waals surface area contributed by atoms with Crippen LogP contribution in [0, 0.1) is 0 Å². The van der Waals surface area contributed by atoms with Crippen molar-refractivity contribution >= 4 is 12.0 Å². The Kier molecular flexibility index (Phi) is 3.94. The summed E-state index contributed by atoms with van der Waals surface area (Å²) in [6.07, 6.45) is -1.18. The van der Waals surface area contributed by atoms with Gasteiger partial charge in [-0.25, -0.2) is 14.8 Å². The van der Waals surface area contributed by atoms with E-state index in [1.54, 1.807) is 11.0 Å². The summed E-state index contributed by atoms with van der Waals surface area (Å²) in [5, 5.41) is 12.8. The number of aromatic nitrogens is 2. The van der Waals surface area contributed by atoms with Gasteiger partial charge in [-0.3, -0.25) is 0 Å². The van der Waals surface area contributed by atoms with Gasteiger partial charge in [0, 0.05) is 29.7 Å². The fourth-order valence-corrected chi connectivity index (χ4v) is 5.31. The van der Waals surface area contributed by atoms with E-state index in [1.165, 1.54) is 0 Å². The zero-order valence-corrected chi connectivity index (χ0v) is 18.5. The summed E-state index contributed by atoms with van der Waals surface area (Å²) in [6.45, 7) is 5.97. The van der Waals surface area contributed by atoms with Crippen LogP contribution in [0.2, 0.25) is 0 Å². The van der Waals surface area contributed by atoms with Gasteiger partial charge in [0.05, 0.1) is 17.8 Å². The van der Waals surface area contributed by atoms with Gasteiger partial charge in [-0.05, 0) is 33.3 Å². The summed E-state index contributed by atoms with van der Waals surface area (Å²) in [5.41, 5.74) is 0.399. The molecule has 1 aliphatic carbocycles. The van der Waals surface area contributed by atoms with Crippen LogP contribution in [-0.4, -0.2) is 52.1 Å². The van der Waals surface area contributed by atoms with Gasteiger partial charge in [0.15, 0.2) is 0 Å². The van der Waals surface area contributed by atoms with Gasteiger partial charge < -0.3 is 24.8 Å². The van der Waals surface area contributed by atoms with Crippen LogP contribution in [0.25, 0.3) is 11.3 Å². The van der Waals surface area contributed by atoms with Gasteiger partial charge >= 0.3 is 6.09 Å². The molecule has 2 saturated heterocycles. The van der Waals surface area contributed by atoms with Crippen molar-refractivity contribution in [3.8, 4) is 17.0 Å². The molecule has 8 nitrogen and oxygen atoms in total. The van der Waals surface area contributed by atoms with E-state index < -0.39 is 29.3 Å². The number of anilines is 1. The fourth-order valence-electron chi connectivity index (χ4n) is 5.31. The van der Waals surface area contributed by atoms with E-state index in [9.17, 15) is 18.7 Å². The molecule has 0 unspecified atom stereocenters. The molecule has 1 aromatic heterocycles. The molecular formula is C23H24F2N4O4. The highest BCUT2D eigenvalue weighted by molar-refractivity contribution is 5.76. The maximum absolute atomic E-state index is 14.7. The van der Waals surface area contributed by atoms with Crippen molar-refractivity contribution < 1.29 is 28.2 Å². The number of nitrogens with one attached hydrogen (secondary N) is 1. The number of carbonyl (C=O) groups is 1. The van der Waals surface area contributed by atoms with Gasteiger partial charge in [-0.2, -0.15) is 8.78 Å². The van der Waals surface area contributed by atoms with Crippen molar-refractivity contribution in [1.82, 2.24) is 15.3 Å². The van der Waals surface area contributed by atoms with Crippen LogP contribution in [0.3, 0.4) is 0 Å². The van der Waals surface area contributed by atoms with Crippen molar-refractivity contribution in [2.75, 3.05) is 18.1 Å². The quantitative estimate of drug-likeness (QED) is 0.714. The lowest BCUT2D eigenvalue weighted by atomic mass is 9.78. The molecule has 2 fully saturated rings. The van der Waals surface area contributed by atoms with Crippen molar-refractivity contribution in [2.24, 2.45) is 0 Å². The predicted molar refractivity (Wildman–Crippen MR) is 113 cm³/mol. The average molecular weight is 458 g/mol. The number of hydrogen-bond acceptors (Lipinski definition) is 7. The zero-order chi connectivity index (χ0) is 23.3. The Morgan fingerprint density at radius 3 is 2.73 bits per heavy atom. The maximum Gasteiger partial charge on any atom is 0.408 e. The Morgan fingerprint density at radius 2 is 2.06 bits per heavy atom. The third-order valence-electron chi connectivity index (χ3n) is 7.57. The molecule has 2 aromatic rings. The first-order valence-electron chi connectivity index (χ1n) is 11.1. The van der Waals surface area contributed by atoms with Crippen LogP contribution < -0.4 is 15.0 Å². The number of nitrogens with zero attached hydrogens (tertiary/aromatic N) is 3. The van der Waals surface area contributed by atoms with Gasteiger partial charge in [0.1, 0.15) is 29.2 Å². The van der Waals surface area contributed by atoms with Gasteiger partial charge in [0.25, 0.3) is 5.92 Å². The van der Waals surface area contributed by atoms with Crippen molar-refractivity contribution in [3.63, 3.8) is 0 Å². The molecule has 0 saturated carbocycles. The first-order valence-corrected chi connectivity index (χ1v) is 11.1. The predicted octanol–water partition coefficient (Wildman–Crippen LogP) is 2.86. The van der Waals surface area contributed by atoms with E-state index in [1.807, 2.05) is 32.9 Å². The smallest absolute Gasteiger partial charge is 0.408 e. The molecule has 0 radical (unpaired) electrons. The lowest BCUT2D eigenvalue weighted by Crippen LogP contribution is -2.59. The summed E-state index contributed by atoms with van der Waals surface area (Å²) < 4.78 is 40.8. The number of carbonyl (C=O) groups excluding carboxylic acids is 1. The Morgan fingerprint density at radius 1 is 1.27 bits per heavy atom. The lowest BCUT2D eigenvalue weighted by molar-refractivity contribution is -0.00604. The number of alkyl carbamates (subject to hydrolysis) is 1. The summed E-state index contributed by atoms with van der Waals surface area (Å²) in [4.78, 5) is 22.6. The van der Waals surface area contributed by atoms with E-state index in [0.717, 1.165) is 5.56 Å². The second-order valence-corrected chi connectivity index (χ2v) is 9.79. The molecular weight excluding hydrogens is 434 g/mol. The summed E-state index contributed by atoms with van der Waals surface area (Å²) in [6, 6.07) is 5.18. The van der Waals surface area contributed by atoms with Crippen LogP contribution in [0.5, 0.6) is 5.75 Å². The molecule has 174 valence electrons. The monoisotopic (exact) mass is 458 g/mol. The molecule has 1 spiro atoms. The first-order chi connectivity index (χ1) is 15.5. The molecule has 6 rings (SSSR count). The zero-order valence-electron chi connectivity index (χ0n) is 18.5. The third kappa shape index (κ3) is 2.67. The number of alkyl halides is 2. The topological polar surface area (TPSA) is 96.8 Å². The molecule has 10 heteroatoms. The number of fused-ring (bicyclic) bond motifs is 3. The van der Waals surface area contributed by atoms with Crippen LogP contribution in [0.15, 0.2) is 18.2 Å². The van der Waals surface area contributed by atoms with Gasteiger partial charge in [-0.1, -0.05) is 12.1 Å². The van der Waals surface area contributed by atoms with E-state index in [4.69, 9.17) is 9.47 Å². The van der Waals surface area contributed by atoms with Crippen LogP contribution in [0.4, 0.5) is 19.5 Å². The highest BCUT2D eigenvalue weighted by Crippen LogP contribution is 2.50. The van der Waals surface area contributed by atoms with Crippen LogP contribution in [-0.2, 0) is 22.6 Å². The van der Waals surface area contributed by atoms with Crippen LogP contribution in [0.1, 0.15) is 44.0 Å². The van der Waals surface area contributed by atoms with Crippen LogP contribution >= 0.6 is 0 Å². The number of cyclic esters (lactones) is 1. The first kappa shape index (κ1) is 20.6. The minimum atomic E-state index is -3.03. The molecule has 1 amide bonds.